The van der Waals surface area contributed by atoms with E-state index in [-0.39, 0.29) is 17.7 Å². The third kappa shape index (κ3) is 3.33. The lowest BCUT2D eigenvalue weighted by atomic mass is 9.92. The van der Waals surface area contributed by atoms with Crippen molar-refractivity contribution in [2.45, 2.75) is 50.5 Å². The molecule has 2 unspecified atom stereocenters. The Labute approximate surface area is 110 Å². The van der Waals surface area contributed by atoms with E-state index in [1.165, 1.54) is 0 Å². The summed E-state index contributed by atoms with van der Waals surface area (Å²) in [5.41, 5.74) is 6.89. The Kier molecular flexibility index (Phi) is 5.35. The van der Waals surface area contributed by atoms with Crippen molar-refractivity contribution in [3.63, 3.8) is 0 Å². The molecule has 0 aliphatic heterocycles. The predicted molar refractivity (Wildman–Crippen MR) is 75.5 cm³/mol. The van der Waals surface area contributed by atoms with E-state index < -0.39 is 9.84 Å². The van der Waals surface area contributed by atoms with Gasteiger partial charge in [0.25, 0.3) is 0 Å². The van der Waals surface area contributed by atoms with Crippen LogP contribution in [-0.2, 0) is 9.84 Å². The van der Waals surface area contributed by atoms with Crippen LogP contribution >= 0.6 is 0 Å². The third-order valence-corrected chi connectivity index (χ3v) is 5.32. The van der Waals surface area contributed by atoms with Crippen molar-refractivity contribution in [3.05, 3.63) is 29.8 Å². The number of hydrogen-bond donors (Lipinski definition) is 1. The smallest absolute Gasteiger partial charge is 0.178 e. The molecule has 4 heteroatoms. The highest BCUT2D eigenvalue weighted by molar-refractivity contribution is 7.91. The average Bonchev–Trinajstić information content (AvgIpc) is 2.37. The van der Waals surface area contributed by atoms with E-state index in [2.05, 4.69) is 0 Å². The molecule has 0 heterocycles. The molecule has 0 bridgehead atoms. The van der Waals surface area contributed by atoms with Gasteiger partial charge in [-0.25, -0.2) is 8.42 Å². The minimum atomic E-state index is -3.18. The van der Waals surface area contributed by atoms with Crippen LogP contribution in [0.3, 0.4) is 0 Å². The van der Waals surface area contributed by atoms with E-state index in [9.17, 15) is 8.42 Å². The molecule has 102 valence electrons. The van der Waals surface area contributed by atoms with Crippen molar-refractivity contribution in [2.75, 3.05) is 5.75 Å². The minimum Gasteiger partial charge on any atom is -0.327 e. The number of rotatable bonds is 6. The normalized spacial score (nSPS) is 15.3. The summed E-state index contributed by atoms with van der Waals surface area (Å²) in [6, 6.07) is 7.21. The second-order valence-corrected chi connectivity index (χ2v) is 6.80. The van der Waals surface area contributed by atoms with Gasteiger partial charge in [0, 0.05) is 6.04 Å². The Bertz CT molecular complexity index is 482. The number of benzene rings is 1. The highest BCUT2D eigenvalue weighted by Gasteiger charge is 2.22. The quantitative estimate of drug-likeness (QED) is 0.863. The standard InChI is InChI=1S/C14H23NO2S/c1-4-10-18(16,17)14-9-7-6-8-12(14)11(3)13(15)5-2/h6-9,11,13H,4-5,10,15H2,1-3H3. The van der Waals surface area contributed by atoms with Crippen molar-refractivity contribution < 1.29 is 8.42 Å². The first-order valence-corrected chi connectivity index (χ1v) is 8.16. The van der Waals surface area contributed by atoms with Crippen molar-refractivity contribution in [1.82, 2.24) is 0 Å². The Morgan fingerprint density at radius 3 is 2.39 bits per heavy atom. The average molecular weight is 269 g/mol. The summed E-state index contributed by atoms with van der Waals surface area (Å²) in [4.78, 5) is 0.447. The number of nitrogens with two attached hydrogens (primary N) is 1. The first kappa shape index (κ1) is 15.2. The highest BCUT2D eigenvalue weighted by atomic mass is 32.2. The number of sulfone groups is 1. The van der Waals surface area contributed by atoms with Gasteiger partial charge in [-0.1, -0.05) is 39.0 Å². The van der Waals surface area contributed by atoms with Gasteiger partial charge < -0.3 is 5.73 Å². The summed E-state index contributed by atoms with van der Waals surface area (Å²) in [6.07, 6.45) is 1.47. The van der Waals surface area contributed by atoms with Crippen LogP contribution < -0.4 is 5.73 Å². The lowest BCUT2D eigenvalue weighted by Crippen LogP contribution is -2.27. The van der Waals surface area contributed by atoms with Gasteiger partial charge in [-0.05, 0) is 30.4 Å². The zero-order chi connectivity index (χ0) is 13.8. The first-order valence-electron chi connectivity index (χ1n) is 6.51. The van der Waals surface area contributed by atoms with Crippen LogP contribution in [0.4, 0.5) is 0 Å². The molecule has 0 amide bonds. The van der Waals surface area contributed by atoms with Crippen LogP contribution in [0.1, 0.15) is 45.1 Å². The second kappa shape index (κ2) is 6.34. The third-order valence-electron chi connectivity index (χ3n) is 3.33. The summed E-state index contributed by atoms with van der Waals surface area (Å²) in [6.45, 7) is 5.89. The van der Waals surface area contributed by atoms with Crippen molar-refractivity contribution in [3.8, 4) is 0 Å². The van der Waals surface area contributed by atoms with Gasteiger partial charge in [-0.3, -0.25) is 0 Å². The van der Waals surface area contributed by atoms with Crippen LogP contribution in [-0.4, -0.2) is 20.2 Å². The van der Waals surface area contributed by atoms with Crippen molar-refractivity contribution >= 4 is 9.84 Å². The molecule has 0 fully saturated rings. The molecule has 3 nitrogen and oxygen atoms in total. The Morgan fingerprint density at radius 1 is 1.22 bits per heavy atom. The SMILES string of the molecule is CCCS(=O)(=O)c1ccccc1C(C)C(N)CC. The van der Waals surface area contributed by atoms with E-state index in [0.717, 1.165) is 12.0 Å². The Balaban J connectivity index is 3.23. The molecular weight excluding hydrogens is 246 g/mol. The largest absolute Gasteiger partial charge is 0.327 e. The van der Waals surface area contributed by atoms with E-state index >= 15 is 0 Å². The lowest BCUT2D eigenvalue weighted by molar-refractivity contribution is 0.540. The van der Waals surface area contributed by atoms with Gasteiger partial charge in [0.2, 0.25) is 0 Å². The summed E-state index contributed by atoms with van der Waals surface area (Å²) < 4.78 is 24.5. The van der Waals surface area contributed by atoms with E-state index in [1.807, 2.05) is 32.9 Å². The fourth-order valence-electron chi connectivity index (χ4n) is 2.10. The molecule has 0 saturated carbocycles. The Hall–Kier alpha value is -0.870. The molecular formula is C14H23NO2S. The molecule has 0 spiro atoms. The maximum atomic E-state index is 12.2. The molecule has 0 saturated heterocycles. The lowest BCUT2D eigenvalue weighted by Gasteiger charge is -2.21. The monoisotopic (exact) mass is 269 g/mol. The first-order chi connectivity index (χ1) is 8.44. The van der Waals surface area contributed by atoms with Crippen LogP contribution in [0, 0.1) is 0 Å². The van der Waals surface area contributed by atoms with Gasteiger partial charge in [-0.15, -0.1) is 0 Å². The van der Waals surface area contributed by atoms with Gasteiger partial charge in [-0.2, -0.15) is 0 Å². The molecule has 18 heavy (non-hydrogen) atoms. The molecule has 2 N–H and O–H groups in total. The molecule has 0 aliphatic carbocycles. The predicted octanol–water partition coefficient (Wildman–Crippen LogP) is 2.71. The fraction of sp³-hybridized carbons (Fsp3) is 0.571. The number of hydrogen-bond acceptors (Lipinski definition) is 3. The van der Waals surface area contributed by atoms with Crippen LogP contribution in [0.25, 0.3) is 0 Å². The highest BCUT2D eigenvalue weighted by Crippen LogP contribution is 2.27. The maximum Gasteiger partial charge on any atom is 0.178 e. The van der Waals surface area contributed by atoms with Crippen LogP contribution in [0.2, 0.25) is 0 Å². The molecule has 2 atom stereocenters. The molecule has 1 rings (SSSR count). The maximum absolute atomic E-state index is 12.2. The second-order valence-electron chi connectivity index (χ2n) is 4.72. The van der Waals surface area contributed by atoms with Gasteiger partial charge in [0.15, 0.2) is 9.84 Å². The fourth-order valence-corrected chi connectivity index (χ4v) is 3.76. The summed E-state index contributed by atoms with van der Waals surface area (Å²) in [5.74, 6) is 0.246. The zero-order valence-electron chi connectivity index (χ0n) is 11.4. The van der Waals surface area contributed by atoms with Crippen LogP contribution in [0.5, 0.6) is 0 Å². The van der Waals surface area contributed by atoms with E-state index in [0.29, 0.717) is 11.3 Å². The van der Waals surface area contributed by atoms with Gasteiger partial charge in [0.05, 0.1) is 10.6 Å². The van der Waals surface area contributed by atoms with Crippen molar-refractivity contribution in [1.29, 1.82) is 0 Å². The minimum absolute atomic E-state index is 0.0111. The van der Waals surface area contributed by atoms with Gasteiger partial charge >= 0.3 is 0 Å². The summed E-state index contributed by atoms with van der Waals surface area (Å²) >= 11 is 0. The topological polar surface area (TPSA) is 60.2 Å². The summed E-state index contributed by atoms with van der Waals surface area (Å²) in [7, 11) is -3.18. The molecule has 0 aliphatic rings. The zero-order valence-corrected chi connectivity index (χ0v) is 12.2. The molecule has 0 radical (unpaired) electrons. The van der Waals surface area contributed by atoms with E-state index in [1.54, 1.807) is 12.1 Å². The van der Waals surface area contributed by atoms with Gasteiger partial charge in [0.1, 0.15) is 0 Å². The Morgan fingerprint density at radius 2 is 1.83 bits per heavy atom. The van der Waals surface area contributed by atoms with Crippen LogP contribution in [0.15, 0.2) is 29.2 Å². The summed E-state index contributed by atoms with van der Waals surface area (Å²) in [5, 5.41) is 0. The van der Waals surface area contributed by atoms with E-state index in [4.69, 9.17) is 5.73 Å². The van der Waals surface area contributed by atoms with Crippen molar-refractivity contribution in [2.24, 2.45) is 5.73 Å². The molecule has 1 aromatic rings. The molecule has 0 aromatic heterocycles. The molecule has 1 aromatic carbocycles.